The molecule has 5 N–H and O–H groups in total. The van der Waals surface area contributed by atoms with Crippen molar-refractivity contribution in [2.24, 2.45) is 0 Å². The summed E-state index contributed by atoms with van der Waals surface area (Å²) in [6.07, 6.45) is 3.58. The SMILES string of the molecule is Nc1ccccc1NC(=O)c1ccc(CNc2cc(Cl)cc(NCc3cccnc3)c2)cc1. The highest BCUT2D eigenvalue weighted by molar-refractivity contribution is 6.31. The van der Waals surface area contributed by atoms with Crippen LogP contribution in [0.25, 0.3) is 0 Å². The second kappa shape index (κ2) is 10.5. The van der Waals surface area contributed by atoms with Gasteiger partial charge in [0.05, 0.1) is 11.4 Å². The number of benzene rings is 3. The highest BCUT2D eigenvalue weighted by Gasteiger charge is 2.08. The average Bonchev–Trinajstić information content (AvgIpc) is 2.83. The van der Waals surface area contributed by atoms with E-state index in [4.69, 9.17) is 17.3 Å². The topological polar surface area (TPSA) is 92.1 Å². The van der Waals surface area contributed by atoms with E-state index < -0.39 is 0 Å². The van der Waals surface area contributed by atoms with Crippen molar-refractivity contribution in [3.8, 4) is 0 Å². The highest BCUT2D eigenvalue weighted by atomic mass is 35.5. The summed E-state index contributed by atoms with van der Waals surface area (Å²) >= 11 is 6.30. The molecule has 0 radical (unpaired) electrons. The Bertz CT molecular complexity index is 1230. The van der Waals surface area contributed by atoms with Crippen molar-refractivity contribution in [3.63, 3.8) is 0 Å². The number of nitrogens with zero attached hydrogens (tertiary/aromatic N) is 1. The van der Waals surface area contributed by atoms with Crippen LogP contribution < -0.4 is 21.7 Å². The molecule has 0 atom stereocenters. The van der Waals surface area contributed by atoms with Crippen LogP contribution in [0.3, 0.4) is 0 Å². The van der Waals surface area contributed by atoms with E-state index in [0.29, 0.717) is 35.1 Å². The average molecular weight is 458 g/mol. The Morgan fingerprint density at radius 3 is 2.21 bits per heavy atom. The van der Waals surface area contributed by atoms with Crippen molar-refractivity contribution >= 4 is 40.3 Å². The van der Waals surface area contributed by atoms with Crippen molar-refractivity contribution in [1.29, 1.82) is 0 Å². The molecule has 7 heteroatoms. The molecule has 1 heterocycles. The Morgan fingerprint density at radius 1 is 0.848 bits per heavy atom. The molecule has 1 aromatic heterocycles. The molecule has 0 fully saturated rings. The van der Waals surface area contributed by atoms with Crippen molar-refractivity contribution in [1.82, 2.24) is 4.98 Å². The van der Waals surface area contributed by atoms with Gasteiger partial charge in [-0.1, -0.05) is 41.9 Å². The van der Waals surface area contributed by atoms with E-state index in [1.54, 1.807) is 30.5 Å². The van der Waals surface area contributed by atoms with Crippen molar-refractivity contribution in [2.45, 2.75) is 13.1 Å². The van der Waals surface area contributed by atoms with Crippen molar-refractivity contribution < 1.29 is 4.79 Å². The van der Waals surface area contributed by atoms with E-state index in [1.807, 2.05) is 60.8 Å². The molecule has 166 valence electrons. The number of nitrogen functional groups attached to an aromatic ring is 1. The minimum Gasteiger partial charge on any atom is -0.397 e. The zero-order valence-corrected chi connectivity index (χ0v) is 18.6. The standard InChI is InChI=1S/C26H24ClN5O/c27-21-12-22(14-23(13-21)31-17-19-4-3-11-29-15-19)30-16-18-7-9-20(10-8-18)26(33)32-25-6-2-1-5-24(25)28/h1-15,30-31H,16-17,28H2,(H,32,33). The van der Waals surface area contributed by atoms with Crippen LogP contribution >= 0.6 is 11.6 Å². The summed E-state index contributed by atoms with van der Waals surface area (Å²) in [6, 6.07) is 24.3. The Balaban J connectivity index is 1.34. The monoisotopic (exact) mass is 457 g/mol. The van der Waals surface area contributed by atoms with Crippen LogP contribution in [-0.2, 0) is 13.1 Å². The number of carbonyl (C=O) groups is 1. The zero-order chi connectivity index (χ0) is 23.0. The predicted molar refractivity (Wildman–Crippen MR) is 136 cm³/mol. The Morgan fingerprint density at radius 2 is 1.55 bits per heavy atom. The number of pyridine rings is 1. The fraction of sp³-hybridized carbons (Fsp3) is 0.0769. The van der Waals surface area contributed by atoms with Gasteiger partial charge in [0.25, 0.3) is 5.91 Å². The number of amides is 1. The lowest BCUT2D eigenvalue weighted by Crippen LogP contribution is -2.13. The molecule has 4 aromatic rings. The number of nitrogens with two attached hydrogens (primary N) is 1. The summed E-state index contributed by atoms with van der Waals surface area (Å²) in [5, 5.41) is 10.2. The van der Waals surface area contributed by atoms with Gasteiger partial charge in [-0.05, 0) is 59.7 Å². The number of rotatable bonds is 8. The number of halogens is 1. The summed E-state index contributed by atoms with van der Waals surface area (Å²) in [5.41, 5.74) is 11.5. The summed E-state index contributed by atoms with van der Waals surface area (Å²) in [5.74, 6) is -0.202. The second-order valence-corrected chi connectivity index (χ2v) is 7.97. The molecule has 4 rings (SSSR count). The first-order chi connectivity index (χ1) is 16.1. The minimum atomic E-state index is -0.202. The van der Waals surface area contributed by atoms with E-state index in [9.17, 15) is 4.79 Å². The number of anilines is 4. The largest absolute Gasteiger partial charge is 0.397 e. The minimum absolute atomic E-state index is 0.202. The summed E-state index contributed by atoms with van der Waals surface area (Å²) < 4.78 is 0. The van der Waals surface area contributed by atoms with Crippen LogP contribution in [0.5, 0.6) is 0 Å². The number of hydrogen-bond donors (Lipinski definition) is 4. The van der Waals surface area contributed by atoms with Gasteiger partial charge in [0.1, 0.15) is 0 Å². The highest BCUT2D eigenvalue weighted by Crippen LogP contribution is 2.24. The Labute approximate surface area is 197 Å². The molecule has 3 aromatic carbocycles. The predicted octanol–water partition coefficient (Wildman–Crippen LogP) is 5.79. The van der Waals surface area contributed by atoms with Crippen LogP contribution in [0.2, 0.25) is 5.02 Å². The van der Waals surface area contributed by atoms with Crippen LogP contribution in [0, 0.1) is 0 Å². The number of hydrogen-bond acceptors (Lipinski definition) is 5. The molecule has 33 heavy (non-hydrogen) atoms. The second-order valence-electron chi connectivity index (χ2n) is 7.54. The van der Waals surface area contributed by atoms with Gasteiger partial charge >= 0.3 is 0 Å². The lowest BCUT2D eigenvalue weighted by molar-refractivity contribution is 0.102. The fourth-order valence-corrected chi connectivity index (χ4v) is 3.52. The zero-order valence-electron chi connectivity index (χ0n) is 17.9. The molecule has 0 unspecified atom stereocenters. The number of para-hydroxylation sites is 2. The first-order valence-corrected chi connectivity index (χ1v) is 10.9. The molecule has 0 saturated carbocycles. The first kappa shape index (κ1) is 22.2. The smallest absolute Gasteiger partial charge is 0.255 e. The van der Waals surface area contributed by atoms with E-state index in [1.165, 1.54) is 0 Å². The van der Waals surface area contributed by atoms with Crippen LogP contribution in [0.4, 0.5) is 22.7 Å². The third kappa shape index (κ3) is 6.24. The Hall–Kier alpha value is -4.03. The van der Waals surface area contributed by atoms with Crippen LogP contribution in [0.1, 0.15) is 21.5 Å². The van der Waals surface area contributed by atoms with Gasteiger partial charge in [-0.25, -0.2) is 0 Å². The summed E-state index contributed by atoms with van der Waals surface area (Å²) in [6.45, 7) is 1.25. The lowest BCUT2D eigenvalue weighted by Gasteiger charge is -2.12. The Kier molecular flexibility index (Phi) is 7.07. The molecule has 0 aliphatic heterocycles. The van der Waals surface area contributed by atoms with E-state index in [-0.39, 0.29) is 5.91 Å². The third-order valence-corrected chi connectivity index (χ3v) is 5.26. The van der Waals surface area contributed by atoms with Crippen molar-refractivity contribution in [3.05, 3.63) is 113 Å². The quantitative estimate of drug-likeness (QED) is 0.251. The molecule has 0 spiro atoms. The molecule has 0 aliphatic carbocycles. The number of carbonyl (C=O) groups excluding carboxylic acids is 1. The maximum Gasteiger partial charge on any atom is 0.255 e. The van der Waals surface area contributed by atoms with Gasteiger partial charge in [-0.2, -0.15) is 0 Å². The molecule has 1 amide bonds. The molecular formula is C26H24ClN5O. The van der Waals surface area contributed by atoms with Gasteiger partial charge < -0.3 is 21.7 Å². The molecule has 0 aliphatic rings. The summed E-state index contributed by atoms with van der Waals surface area (Å²) in [7, 11) is 0. The molecule has 6 nitrogen and oxygen atoms in total. The molecule has 0 bridgehead atoms. The van der Waals surface area contributed by atoms with Crippen molar-refractivity contribution in [2.75, 3.05) is 21.7 Å². The third-order valence-electron chi connectivity index (χ3n) is 5.04. The molecule has 0 saturated heterocycles. The van der Waals surface area contributed by atoms with Crippen LogP contribution in [0.15, 0.2) is 91.3 Å². The van der Waals surface area contributed by atoms with Gasteiger partial charge in [0.2, 0.25) is 0 Å². The first-order valence-electron chi connectivity index (χ1n) is 10.5. The van der Waals surface area contributed by atoms with E-state index in [2.05, 4.69) is 20.9 Å². The van der Waals surface area contributed by atoms with E-state index >= 15 is 0 Å². The van der Waals surface area contributed by atoms with Gasteiger partial charge in [-0.3, -0.25) is 9.78 Å². The number of nitrogens with one attached hydrogen (secondary N) is 3. The number of aromatic nitrogens is 1. The van der Waals surface area contributed by atoms with E-state index in [0.717, 1.165) is 22.5 Å². The lowest BCUT2D eigenvalue weighted by atomic mass is 10.1. The van der Waals surface area contributed by atoms with Gasteiger partial charge in [-0.15, -0.1) is 0 Å². The normalized spacial score (nSPS) is 10.5. The van der Waals surface area contributed by atoms with Crippen LogP contribution in [-0.4, -0.2) is 10.9 Å². The molecular weight excluding hydrogens is 434 g/mol. The maximum atomic E-state index is 12.5. The maximum absolute atomic E-state index is 12.5. The van der Waals surface area contributed by atoms with Gasteiger partial charge in [0, 0.05) is 47.4 Å². The van der Waals surface area contributed by atoms with Gasteiger partial charge in [0.15, 0.2) is 0 Å². The summed E-state index contributed by atoms with van der Waals surface area (Å²) in [4.78, 5) is 16.6. The fourth-order valence-electron chi connectivity index (χ4n) is 3.28.